The van der Waals surface area contributed by atoms with E-state index in [1.807, 2.05) is 37.4 Å². The third kappa shape index (κ3) is 4.32. The lowest BCUT2D eigenvalue weighted by molar-refractivity contribution is 0.586. The maximum absolute atomic E-state index is 13.4. The van der Waals surface area contributed by atoms with Crippen LogP contribution >= 0.6 is 22.9 Å². The molecule has 0 spiro atoms. The van der Waals surface area contributed by atoms with Crippen molar-refractivity contribution in [2.45, 2.75) is 19.8 Å². The average molecular weight is 412 g/mol. The summed E-state index contributed by atoms with van der Waals surface area (Å²) < 4.78 is 13.4. The molecule has 28 heavy (non-hydrogen) atoms. The van der Waals surface area contributed by atoms with E-state index in [1.165, 1.54) is 11.6 Å². The van der Waals surface area contributed by atoms with Crippen LogP contribution in [0.4, 0.5) is 9.52 Å². The zero-order valence-corrected chi connectivity index (χ0v) is 16.9. The molecule has 1 N–H and O–H groups in total. The Labute approximate surface area is 172 Å². The van der Waals surface area contributed by atoms with E-state index in [0.717, 1.165) is 56.3 Å². The standard InChI is InChI=1S/C22H19ClFN3S/c1-14-9-15(4-7-19(14)23)3-2-8-25-22-27-13-20(28-22)16-5-6-17-12-26-21(24)11-18(17)10-16/h4-7,9-13H,2-3,8H2,1H3,(H,25,27). The summed E-state index contributed by atoms with van der Waals surface area (Å²) in [5, 5.41) is 6.85. The minimum absolute atomic E-state index is 0.466. The second-order valence-electron chi connectivity index (χ2n) is 6.71. The fourth-order valence-corrected chi connectivity index (χ4v) is 4.06. The Morgan fingerprint density at radius 2 is 1.93 bits per heavy atom. The first kappa shape index (κ1) is 18.8. The number of hydrogen-bond acceptors (Lipinski definition) is 4. The van der Waals surface area contributed by atoms with Gasteiger partial charge in [0.15, 0.2) is 5.13 Å². The molecule has 0 saturated carbocycles. The number of nitrogens with zero attached hydrogens (tertiary/aromatic N) is 2. The van der Waals surface area contributed by atoms with E-state index in [2.05, 4.69) is 27.4 Å². The van der Waals surface area contributed by atoms with Crippen molar-refractivity contribution >= 4 is 38.8 Å². The Bertz CT molecular complexity index is 1130. The van der Waals surface area contributed by atoms with Gasteiger partial charge in [-0.3, -0.25) is 0 Å². The third-order valence-corrected chi connectivity index (χ3v) is 6.05. The van der Waals surface area contributed by atoms with Crippen LogP contribution in [0.2, 0.25) is 5.02 Å². The summed E-state index contributed by atoms with van der Waals surface area (Å²) >= 11 is 7.67. The normalized spacial score (nSPS) is 11.1. The molecule has 0 aliphatic heterocycles. The smallest absolute Gasteiger partial charge is 0.213 e. The van der Waals surface area contributed by atoms with Crippen molar-refractivity contribution < 1.29 is 4.39 Å². The SMILES string of the molecule is Cc1cc(CCCNc2ncc(-c3ccc4cnc(F)cc4c3)s2)ccc1Cl. The lowest BCUT2D eigenvalue weighted by Gasteiger charge is -2.05. The van der Waals surface area contributed by atoms with Crippen molar-refractivity contribution in [3.05, 3.63) is 77.0 Å². The molecule has 2 aromatic carbocycles. The summed E-state index contributed by atoms with van der Waals surface area (Å²) in [5.41, 5.74) is 3.43. The molecule has 2 aromatic heterocycles. The van der Waals surface area contributed by atoms with Gasteiger partial charge >= 0.3 is 0 Å². The molecular formula is C22H19ClFN3S. The molecule has 0 unspecified atom stereocenters. The topological polar surface area (TPSA) is 37.8 Å². The van der Waals surface area contributed by atoms with E-state index in [4.69, 9.17) is 11.6 Å². The van der Waals surface area contributed by atoms with Crippen LogP contribution in [-0.2, 0) is 6.42 Å². The number of pyridine rings is 1. The van der Waals surface area contributed by atoms with Gasteiger partial charge in [-0.2, -0.15) is 4.39 Å². The van der Waals surface area contributed by atoms with Gasteiger partial charge in [0.2, 0.25) is 5.95 Å². The van der Waals surface area contributed by atoms with Gasteiger partial charge in [0.1, 0.15) is 0 Å². The molecule has 0 radical (unpaired) electrons. The van der Waals surface area contributed by atoms with Crippen molar-refractivity contribution in [2.75, 3.05) is 11.9 Å². The van der Waals surface area contributed by atoms with Gasteiger partial charge in [-0.25, -0.2) is 9.97 Å². The number of aryl methyl sites for hydroxylation is 2. The highest BCUT2D eigenvalue weighted by atomic mass is 35.5. The van der Waals surface area contributed by atoms with E-state index >= 15 is 0 Å². The number of fused-ring (bicyclic) bond motifs is 1. The zero-order chi connectivity index (χ0) is 19.5. The highest BCUT2D eigenvalue weighted by molar-refractivity contribution is 7.18. The lowest BCUT2D eigenvalue weighted by atomic mass is 10.1. The Morgan fingerprint density at radius 1 is 1.04 bits per heavy atom. The van der Waals surface area contributed by atoms with Gasteiger partial charge < -0.3 is 5.32 Å². The van der Waals surface area contributed by atoms with Crippen LogP contribution in [0.5, 0.6) is 0 Å². The minimum atomic E-state index is -0.466. The number of nitrogens with one attached hydrogen (secondary N) is 1. The summed E-state index contributed by atoms with van der Waals surface area (Å²) in [6.07, 6.45) is 5.41. The van der Waals surface area contributed by atoms with E-state index < -0.39 is 5.95 Å². The Morgan fingerprint density at radius 3 is 2.79 bits per heavy atom. The number of thiazole rings is 1. The van der Waals surface area contributed by atoms with Gasteiger partial charge in [0.05, 0.1) is 4.88 Å². The van der Waals surface area contributed by atoms with Gasteiger partial charge in [-0.15, -0.1) is 0 Å². The monoisotopic (exact) mass is 411 g/mol. The summed E-state index contributed by atoms with van der Waals surface area (Å²) in [6.45, 7) is 2.88. The molecule has 2 heterocycles. The number of hydrogen-bond donors (Lipinski definition) is 1. The summed E-state index contributed by atoms with van der Waals surface area (Å²) in [5.74, 6) is -0.466. The molecule has 0 fully saturated rings. The van der Waals surface area contributed by atoms with Crippen molar-refractivity contribution in [3.8, 4) is 10.4 Å². The van der Waals surface area contributed by atoms with E-state index in [9.17, 15) is 4.39 Å². The second-order valence-corrected chi connectivity index (χ2v) is 8.15. The highest BCUT2D eigenvalue weighted by Crippen LogP contribution is 2.31. The molecule has 4 rings (SSSR count). The molecule has 0 saturated heterocycles. The van der Waals surface area contributed by atoms with Gasteiger partial charge in [-0.1, -0.05) is 47.2 Å². The van der Waals surface area contributed by atoms with E-state index in [0.29, 0.717) is 0 Å². The summed E-state index contributed by atoms with van der Waals surface area (Å²) in [7, 11) is 0. The van der Waals surface area contributed by atoms with Crippen LogP contribution in [0, 0.1) is 12.9 Å². The second kappa shape index (κ2) is 8.25. The molecule has 0 aliphatic rings. The molecular weight excluding hydrogens is 393 g/mol. The maximum Gasteiger partial charge on any atom is 0.213 e. The molecule has 0 bridgehead atoms. The van der Waals surface area contributed by atoms with Crippen molar-refractivity contribution in [3.63, 3.8) is 0 Å². The van der Waals surface area contributed by atoms with Crippen LogP contribution in [0.1, 0.15) is 17.5 Å². The van der Waals surface area contributed by atoms with E-state index in [-0.39, 0.29) is 0 Å². The molecule has 4 aromatic rings. The highest BCUT2D eigenvalue weighted by Gasteiger charge is 2.06. The molecule has 0 atom stereocenters. The molecule has 0 amide bonds. The van der Waals surface area contributed by atoms with Gasteiger partial charge in [-0.05, 0) is 54.0 Å². The fourth-order valence-electron chi connectivity index (χ4n) is 3.11. The van der Waals surface area contributed by atoms with Gasteiger partial charge in [0.25, 0.3) is 0 Å². The molecule has 142 valence electrons. The van der Waals surface area contributed by atoms with Crippen LogP contribution in [0.15, 0.2) is 54.9 Å². The first-order valence-electron chi connectivity index (χ1n) is 9.09. The Kier molecular flexibility index (Phi) is 5.55. The lowest BCUT2D eigenvalue weighted by Crippen LogP contribution is -2.02. The predicted molar refractivity (Wildman–Crippen MR) is 116 cm³/mol. The van der Waals surface area contributed by atoms with Crippen molar-refractivity contribution in [1.29, 1.82) is 0 Å². The zero-order valence-electron chi connectivity index (χ0n) is 15.4. The Hall–Kier alpha value is -2.50. The third-order valence-electron chi connectivity index (χ3n) is 4.62. The first-order valence-corrected chi connectivity index (χ1v) is 10.3. The minimum Gasteiger partial charge on any atom is -0.361 e. The number of benzene rings is 2. The quantitative estimate of drug-likeness (QED) is 0.290. The summed E-state index contributed by atoms with van der Waals surface area (Å²) in [6, 6.07) is 13.6. The molecule has 6 heteroatoms. The summed E-state index contributed by atoms with van der Waals surface area (Å²) in [4.78, 5) is 9.21. The maximum atomic E-state index is 13.4. The van der Waals surface area contributed by atoms with Crippen LogP contribution in [0.25, 0.3) is 21.2 Å². The fraction of sp³-hybridized carbons (Fsp3) is 0.182. The molecule has 0 aliphatic carbocycles. The number of anilines is 1. The largest absolute Gasteiger partial charge is 0.361 e. The molecule has 3 nitrogen and oxygen atoms in total. The predicted octanol–water partition coefficient (Wildman–Crippen LogP) is 6.50. The first-order chi connectivity index (χ1) is 13.6. The van der Waals surface area contributed by atoms with Crippen molar-refractivity contribution in [2.24, 2.45) is 0 Å². The number of rotatable bonds is 6. The van der Waals surface area contributed by atoms with Crippen LogP contribution < -0.4 is 5.32 Å². The number of halogens is 2. The van der Waals surface area contributed by atoms with Crippen LogP contribution in [0.3, 0.4) is 0 Å². The van der Waals surface area contributed by atoms with E-state index in [1.54, 1.807) is 17.5 Å². The number of aromatic nitrogens is 2. The van der Waals surface area contributed by atoms with Gasteiger partial charge in [0, 0.05) is 35.4 Å². The van der Waals surface area contributed by atoms with Crippen molar-refractivity contribution in [1.82, 2.24) is 9.97 Å². The van der Waals surface area contributed by atoms with Crippen LogP contribution in [-0.4, -0.2) is 16.5 Å². The average Bonchev–Trinajstić information content (AvgIpc) is 3.16. The Balaban J connectivity index is 1.37.